The van der Waals surface area contributed by atoms with E-state index in [1.165, 1.54) is 12.8 Å². The minimum absolute atomic E-state index is 0.105. The van der Waals surface area contributed by atoms with Crippen LogP contribution in [0.1, 0.15) is 19.3 Å². The highest BCUT2D eigenvalue weighted by atomic mass is 79.9. The lowest BCUT2D eigenvalue weighted by molar-refractivity contribution is -0.120. The van der Waals surface area contributed by atoms with Crippen LogP contribution in [0.3, 0.4) is 0 Å². The number of carbonyl (C=O) groups excluding carboxylic acids is 1. The zero-order valence-electron chi connectivity index (χ0n) is 10.8. The summed E-state index contributed by atoms with van der Waals surface area (Å²) in [5, 5.41) is 6.19. The third-order valence-corrected chi connectivity index (χ3v) is 3.62. The molecule has 1 aromatic carbocycles. The molecule has 1 heterocycles. The highest BCUT2D eigenvalue weighted by Gasteiger charge is 2.13. The lowest BCUT2D eigenvalue weighted by Gasteiger charge is -2.22. The number of rotatable bonds is 5. The molecule has 1 fully saturated rings. The van der Waals surface area contributed by atoms with Crippen LogP contribution in [0.4, 0.5) is 5.69 Å². The number of piperidine rings is 1. The van der Waals surface area contributed by atoms with Crippen molar-refractivity contribution in [3.63, 3.8) is 0 Å². The lowest BCUT2D eigenvalue weighted by Crippen LogP contribution is -2.38. The molecule has 1 aliphatic heterocycles. The Hall–Kier alpha value is -0.910. The maximum Gasteiger partial charge on any atom is 0.250 e. The molecule has 1 atom stereocenters. The van der Waals surface area contributed by atoms with E-state index in [9.17, 15) is 4.79 Å². The van der Waals surface area contributed by atoms with Crippen LogP contribution in [-0.2, 0) is 9.53 Å². The summed E-state index contributed by atoms with van der Waals surface area (Å²) in [5.74, 6) is -0.113. The zero-order chi connectivity index (χ0) is 13.5. The minimum Gasteiger partial charge on any atom is -0.370 e. The summed E-state index contributed by atoms with van der Waals surface area (Å²) < 4.78 is 6.44. The fraction of sp³-hybridized carbons (Fsp3) is 0.500. The van der Waals surface area contributed by atoms with Gasteiger partial charge in [-0.05, 0) is 43.7 Å². The lowest BCUT2D eigenvalue weighted by atomic mass is 10.1. The number of benzene rings is 1. The molecule has 104 valence electrons. The Morgan fingerprint density at radius 2 is 2.16 bits per heavy atom. The molecule has 19 heavy (non-hydrogen) atoms. The summed E-state index contributed by atoms with van der Waals surface area (Å²) in [5.41, 5.74) is 0.785. The Morgan fingerprint density at radius 1 is 1.37 bits per heavy atom. The number of hydrogen-bond donors (Lipinski definition) is 2. The predicted octanol–water partition coefficient (Wildman–Crippen LogP) is 2.55. The smallest absolute Gasteiger partial charge is 0.250 e. The van der Waals surface area contributed by atoms with Crippen molar-refractivity contribution in [3.05, 3.63) is 28.7 Å². The van der Waals surface area contributed by atoms with E-state index < -0.39 is 0 Å². The quantitative estimate of drug-likeness (QED) is 0.874. The third-order valence-electron chi connectivity index (χ3n) is 3.09. The van der Waals surface area contributed by atoms with Gasteiger partial charge in [-0.3, -0.25) is 4.79 Å². The number of anilines is 1. The van der Waals surface area contributed by atoms with Crippen LogP contribution >= 0.6 is 15.9 Å². The highest BCUT2D eigenvalue weighted by Crippen LogP contribution is 2.14. The number of hydrogen-bond acceptors (Lipinski definition) is 3. The van der Waals surface area contributed by atoms with Crippen LogP contribution < -0.4 is 10.6 Å². The van der Waals surface area contributed by atoms with Crippen LogP contribution in [0.15, 0.2) is 28.7 Å². The number of amides is 1. The van der Waals surface area contributed by atoms with Crippen molar-refractivity contribution in [1.82, 2.24) is 5.32 Å². The van der Waals surface area contributed by atoms with Gasteiger partial charge in [-0.15, -0.1) is 0 Å². The van der Waals surface area contributed by atoms with Crippen LogP contribution in [-0.4, -0.2) is 31.7 Å². The van der Waals surface area contributed by atoms with Gasteiger partial charge in [0.15, 0.2) is 0 Å². The van der Waals surface area contributed by atoms with E-state index in [0.717, 1.165) is 23.1 Å². The van der Waals surface area contributed by atoms with Gasteiger partial charge in [-0.1, -0.05) is 22.4 Å². The molecule has 4 nitrogen and oxygen atoms in total. The van der Waals surface area contributed by atoms with Crippen molar-refractivity contribution in [2.24, 2.45) is 0 Å². The molecular weight excluding hydrogens is 308 g/mol. The second-order valence-corrected chi connectivity index (χ2v) is 5.63. The maximum absolute atomic E-state index is 11.7. The van der Waals surface area contributed by atoms with Gasteiger partial charge in [-0.25, -0.2) is 0 Å². The Balaban J connectivity index is 1.65. The molecule has 0 aromatic heterocycles. The number of ether oxygens (including phenoxy) is 1. The summed E-state index contributed by atoms with van der Waals surface area (Å²) in [6.07, 6.45) is 3.61. The second-order valence-electron chi connectivity index (χ2n) is 4.72. The van der Waals surface area contributed by atoms with E-state index in [0.29, 0.717) is 12.6 Å². The summed E-state index contributed by atoms with van der Waals surface area (Å²) >= 11 is 3.35. The van der Waals surface area contributed by atoms with E-state index >= 15 is 0 Å². The number of halogens is 1. The van der Waals surface area contributed by atoms with Gasteiger partial charge in [0.1, 0.15) is 6.61 Å². The molecule has 1 amide bonds. The first-order valence-corrected chi connectivity index (χ1v) is 7.40. The third kappa shape index (κ3) is 5.30. The molecule has 5 heteroatoms. The van der Waals surface area contributed by atoms with Crippen LogP contribution in [0, 0.1) is 0 Å². The number of carbonyl (C=O) groups is 1. The molecule has 1 unspecified atom stereocenters. The SMILES string of the molecule is O=C(COCC1CCCCN1)Nc1ccc(Br)cc1. The highest BCUT2D eigenvalue weighted by molar-refractivity contribution is 9.10. The first-order chi connectivity index (χ1) is 9.24. The van der Waals surface area contributed by atoms with E-state index in [4.69, 9.17) is 4.74 Å². The molecule has 1 aliphatic rings. The average Bonchev–Trinajstić information content (AvgIpc) is 2.43. The maximum atomic E-state index is 11.7. The van der Waals surface area contributed by atoms with Gasteiger partial charge in [-0.2, -0.15) is 0 Å². The monoisotopic (exact) mass is 326 g/mol. The van der Waals surface area contributed by atoms with Gasteiger partial charge in [0.2, 0.25) is 5.91 Å². The van der Waals surface area contributed by atoms with E-state index in [1.54, 1.807) is 0 Å². The zero-order valence-corrected chi connectivity index (χ0v) is 12.4. The molecular formula is C14H19BrN2O2. The Labute approximate surface area is 122 Å². The molecule has 0 saturated carbocycles. The summed E-state index contributed by atoms with van der Waals surface area (Å²) in [4.78, 5) is 11.7. The molecule has 1 saturated heterocycles. The topological polar surface area (TPSA) is 50.4 Å². The average molecular weight is 327 g/mol. The van der Waals surface area contributed by atoms with Crippen molar-refractivity contribution in [2.45, 2.75) is 25.3 Å². The Morgan fingerprint density at radius 3 is 2.84 bits per heavy atom. The van der Waals surface area contributed by atoms with Gasteiger partial charge in [0.05, 0.1) is 6.61 Å². The van der Waals surface area contributed by atoms with Gasteiger partial charge in [0.25, 0.3) is 0 Å². The summed E-state index contributed by atoms with van der Waals surface area (Å²) in [6.45, 7) is 1.76. The van der Waals surface area contributed by atoms with Crippen molar-refractivity contribution < 1.29 is 9.53 Å². The minimum atomic E-state index is -0.113. The molecule has 2 rings (SSSR count). The normalized spacial score (nSPS) is 19.1. The fourth-order valence-corrected chi connectivity index (χ4v) is 2.35. The summed E-state index contributed by atoms with van der Waals surface area (Å²) in [7, 11) is 0. The summed E-state index contributed by atoms with van der Waals surface area (Å²) in [6, 6.07) is 7.88. The van der Waals surface area contributed by atoms with Crippen molar-refractivity contribution in [3.8, 4) is 0 Å². The first kappa shape index (κ1) is 14.5. The van der Waals surface area contributed by atoms with Crippen molar-refractivity contribution >= 4 is 27.5 Å². The predicted molar refractivity (Wildman–Crippen MR) is 79.2 cm³/mol. The van der Waals surface area contributed by atoms with Crippen LogP contribution in [0.5, 0.6) is 0 Å². The molecule has 2 N–H and O–H groups in total. The number of nitrogens with one attached hydrogen (secondary N) is 2. The largest absolute Gasteiger partial charge is 0.370 e. The fourth-order valence-electron chi connectivity index (χ4n) is 2.09. The molecule has 0 aliphatic carbocycles. The van der Waals surface area contributed by atoms with E-state index in [1.807, 2.05) is 24.3 Å². The van der Waals surface area contributed by atoms with Gasteiger partial charge >= 0.3 is 0 Å². The standard InChI is InChI=1S/C14H19BrN2O2/c15-11-4-6-12(7-5-11)17-14(18)10-19-9-13-3-1-2-8-16-13/h4-7,13,16H,1-3,8-10H2,(H,17,18). The molecule has 0 radical (unpaired) electrons. The second kappa shape index (κ2) is 7.62. The van der Waals surface area contributed by atoms with Gasteiger partial charge < -0.3 is 15.4 Å². The van der Waals surface area contributed by atoms with E-state index in [-0.39, 0.29) is 12.5 Å². The molecule has 1 aromatic rings. The van der Waals surface area contributed by atoms with Crippen LogP contribution in [0.2, 0.25) is 0 Å². The van der Waals surface area contributed by atoms with E-state index in [2.05, 4.69) is 26.6 Å². The molecule has 0 bridgehead atoms. The first-order valence-electron chi connectivity index (χ1n) is 6.60. The Bertz CT molecular complexity index is 402. The molecule has 0 spiro atoms. The Kier molecular flexibility index (Phi) is 5.82. The van der Waals surface area contributed by atoms with Crippen LogP contribution in [0.25, 0.3) is 0 Å². The van der Waals surface area contributed by atoms with Gasteiger partial charge in [0, 0.05) is 16.2 Å². The van der Waals surface area contributed by atoms with Crippen molar-refractivity contribution in [2.75, 3.05) is 25.1 Å². The van der Waals surface area contributed by atoms with Crippen molar-refractivity contribution in [1.29, 1.82) is 0 Å².